The molecule has 0 radical (unpaired) electrons. The van der Waals surface area contributed by atoms with Crippen LogP contribution in [-0.4, -0.2) is 53.7 Å². The van der Waals surface area contributed by atoms with E-state index in [2.05, 4.69) is 15.2 Å². The summed E-state index contributed by atoms with van der Waals surface area (Å²) in [4.78, 5) is 50.6. The largest absolute Gasteiger partial charge is 0.490 e. The lowest BCUT2D eigenvalue weighted by molar-refractivity contribution is -0.154. The number of carbonyl (C=O) groups is 3. The van der Waals surface area contributed by atoms with Crippen molar-refractivity contribution in [3.8, 4) is 5.75 Å². The van der Waals surface area contributed by atoms with Crippen LogP contribution in [0, 0.1) is 5.82 Å². The Morgan fingerprint density at radius 2 is 1.78 bits per heavy atom. The van der Waals surface area contributed by atoms with Crippen LogP contribution in [0.1, 0.15) is 76.0 Å². The molecule has 3 heterocycles. The molecular weight excluding hydrogens is 692 g/mol. The van der Waals surface area contributed by atoms with Crippen LogP contribution < -0.4 is 15.0 Å². The number of benzene rings is 3. The predicted octanol–water partition coefficient (Wildman–Crippen LogP) is 7.78. The SMILES string of the molecule is COC(=O)c1nc(N2CCc3cccc(C(=O)Nc4nc5ccccc5s4)c3C2)sc1CCCOc1c(F)cccc1CCC(=O)OC(C)(C)C. The summed E-state index contributed by atoms with van der Waals surface area (Å²) in [7, 11) is 1.32. The minimum Gasteiger partial charge on any atom is -0.490 e. The van der Waals surface area contributed by atoms with Gasteiger partial charge in [-0.1, -0.05) is 47.7 Å². The molecule has 0 unspecified atom stereocenters. The van der Waals surface area contributed by atoms with E-state index in [4.69, 9.17) is 19.2 Å². The standard InChI is InChI=1S/C38H39FN4O6S2/c1-38(2,3)49-31(44)18-17-24-11-8-13-27(39)33(24)48-21-9-16-30-32(35(46)47-4)41-37(51-30)43-20-19-23-10-7-12-25(26(23)22-43)34(45)42-36-40-28-14-5-6-15-29(28)50-36/h5-8,10-15H,9,16-22H2,1-4H3,(H,40,42,45). The van der Waals surface area contributed by atoms with E-state index in [9.17, 15) is 18.8 Å². The average molecular weight is 731 g/mol. The molecule has 0 saturated carbocycles. The van der Waals surface area contributed by atoms with Crippen molar-refractivity contribution >= 4 is 61.0 Å². The van der Waals surface area contributed by atoms with Gasteiger partial charge in [0.1, 0.15) is 5.60 Å². The van der Waals surface area contributed by atoms with Crippen LogP contribution in [0.5, 0.6) is 5.75 Å². The molecule has 1 aliphatic rings. The van der Waals surface area contributed by atoms with Crippen molar-refractivity contribution in [1.82, 2.24) is 9.97 Å². The van der Waals surface area contributed by atoms with Gasteiger partial charge in [-0.05, 0) is 87.4 Å². The first-order valence-electron chi connectivity index (χ1n) is 16.7. The van der Waals surface area contributed by atoms with Crippen molar-refractivity contribution in [3.05, 3.63) is 99.3 Å². The first-order chi connectivity index (χ1) is 24.5. The maximum absolute atomic E-state index is 14.8. The van der Waals surface area contributed by atoms with Gasteiger partial charge in [-0.3, -0.25) is 14.9 Å². The van der Waals surface area contributed by atoms with E-state index < -0.39 is 17.4 Å². The molecule has 0 fully saturated rings. The average Bonchev–Trinajstić information content (AvgIpc) is 3.72. The summed E-state index contributed by atoms with van der Waals surface area (Å²) in [6.45, 7) is 6.68. The van der Waals surface area contributed by atoms with Crippen molar-refractivity contribution in [3.63, 3.8) is 0 Å². The molecular formula is C38H39FN4O6S2. The Hall–Kier alpha value is -4.88. The Balaban J connectivity index is 1.12. The number of halogens is 1. The Kier molecular flexibility index (Phi) is 11.0. The highest BCUT2D eigenvalue weighted by molar-refractivity contribution is 7.22. The number of methoxy groups -OCH3 is 1. The fourth-order valence-electron chi connectivity index (χ4n) is 5.90. The van der Waals surface area contributed by atoms with Gasteiger partial charge in [-0.2, -0.15) is 0 Å². The predicted molar refractivity (Wildman–Crippen MR) is 197 cm³/mol. The van der Waals surface area contributed by atoms with Crippen LogP contribution in [0.3, 0.4) is 0 Å². The second-order valence-corrected chi connectivity index (χ2v) is 15.2. The van der Waals surface area contributed by atoms with Crippen LogP contribution in [0.4, 0.5) is 14.7 Å². The molecule has 1 N–H and O–H groups in total. The number of hydrogen-bond acceptors (Lipinski definition) is 11. The molecule has 0 spiro atoms. The highest BCUT2D eigenvalue weighted by atomic mass is 32.1. The molecule has 13 heteroatoms. The molecule has 51 heavy (non-hydrogen) atoms. The second kappa shape index (κ2) is 15.6. The number of ether oxygens (including phenoxy) is 3. The van der Waals surface area contributed by atoms with E-state index in [0.717, 1.165) is 26.2 Å². The molecule has 1 amide bonds. The van der Waals surface area contributed by atoms with Gasteiger partial charge < -0.3 is 19.1 Å². The first kappa shape index (κ1) is 35.9. The molecule has 266 valence electrons. The van der Waals surface area contributed by atoms with Crippen molar-refractivity contribution < 1.29 is 33.0 Å². The molecule has 5 aromatic rings. The van der Waals surface area contributed by atoms with Gasteiger partial charge in [-0.25, -0.2) is 19.2 Å². The summed E-state index contributed by atoms with van der Waals surface area (Å²) in [5.41, 5.74) is 3.59. The van der Waals surface area contributed by atoms with E-state index in [0.29, 0.717) is 53.7 Å². The number of nitrogens with one attached hydrogen (secondary N) is 1. The van der Waals surface area contributed by atoms with Crippen LogP contribution >= 0.6 is 22.7 Å². The number of fused-ring (bicyclic) bond motifs is 2. The summed E-state index contributed by atoms with van der Waals surface area (Å²) >= 11 is 2.82. The summed E-state index contributed by atoms with van der Waals surface area (Å²) in [5, 5.41) is 4.16. The topological polar surface area (TPSA) is 120 Å². The van der Waals surface area contributed by atoms with Crippen molar-refractivity contribution in [1.29, 1.82) is 0 Å². The molecule has 2 aromatic heterocycles. The summed E-state index contributed by atoms with van der Waals surface area (Å²) in [6.07, 6.45) is 2.00. The van der Waals surface area contributed by atoms with Crippen molar-refractivity contribution in [2.45, 2.75) is 65.0 Å². The molecule has 10 nitrogen and oxygen atoms in total. The number of aromatic nitrogens is 2. The fourth-order valence-corrected chi connectivity index (χ4v) is 7.87. The Bertz CT molecular complexity index is 2040. The van der Waals surface area contributed by atoms with Crippen LogP contribution in [0.25, 0.3) is 10.2 Å². The van der Waals surface area contributed by atoms with Gasteiger partial charge in [-0.15, -0.1) is 11.3 Å². The monoisotopic (exact) mass is 730 g/mol. The van der Waals surface area contributed by atoms with Crippen LogP contribution in [-0.2, 0) is 40.1 Å². The Morgan fingerprint density at radius 1 is 0.980 bits per heavy atom. The number of carbonyl (C=O) groups excluding carboxylic acids is 3. The highest BCUT2D eigenvalue weighted by Gasteiger charge is 2.27. The van der Waals surface area contributed by atoms with Crippen LogP contribution in [0.2, 0.25) is 0 Å². The number of anilines is 2. The number of hydrogen-bond donors (Lipinski definition) is 1. The second-order valence-electron chi connectivity index (χ2n) is 13.1. The number of nitrogens with zero attached hydrogens (tertiary/aromatic N) is 3. The van der Waals surface area contributed by atoms with Gasteiger partial charge in [0.05, 0.1) is 23.9 Å². The molecule has 6 rings (SSSR count). The van der Waals surface area contributed by atoms with Crippen LogP contribution in [0.15, 0.2) is 60.7 Å². The van der Waals surface area contributed by atoms with Crippen molar-refractivity contribution in [2.24, 2.45) is 0 Å². The number of rotatable bonds is 12. The molecule has 0 bridgehead atoms. The maximum atomic E-state index is 14.8. The van der Waals surface area contributed by atoms with E-state index in [1.54, 1.807) is 32.9 Å². The summed E-state index contributed by atoms with van der Waals surface area (Å²) in [5.74, 6) is -1.54. The zero-order valence-corrected chi connectivity index (χ0v) is 30.5. The van der Waals surface area contributed by atoms with E-state index in [1.165, 1.54) is 35.8 Å². The zero-order chi connectivity index (χ0) is 36.1. The molecule has 0 saturated heterocycles. The van der Waals surface area contributed by atoms with Gasteiger partial charge in [0.15, 0.2) is 27.5 Å². The third kappa shape index (κ3) is 8.71. The lowest BCUT2D eigenvalue weighted by atomic mass is 9.94. The molecule has 3 aromatic carbocycles. The van der Waals surface area contributed by atoms with Crippen molar-refractivity contribution in [2.75, 3.05) is 30.5 Å². The van der Waals surface area contributed by atoms with E-state index >= 15 is 0 Å². The fraction of sp³-hybridized carbons (Fsp3) is 0.342. The number of para-hydroxylation sites is 2. The maximum Gasteiger partial charge on any atom is 0.357 e. The molecule has 0 aliphatic carbocycles. The summed E-state index contributed by atoms with van der Waals surface area (Å²) < 4.78 is 32.1. The number of aryl methyl sites for hydroxylation is 2. The Morgan fingerprint density at radius 3 is 2.57 bits per heavy atom. The van der Waals surface area contributed by atoms with Gasteiger partial charge in [0, 0.05) is 30.0 Å². The lowest BCUT2D eigenvalue weighted by Gasteiger charge is -2.29. The normalized spacial score (nSPS) is 12.8. The first-order valence-corrected chi connectivity index (χ1v) is 18.3. The number of esters is 2. The van der Waals surface area contributed by atoms with Gasteiger partial charge in [0.2, 0.25) is 0 Å². The molecule has 0 atom stereocenters. The van der Waals surface area contributed by atoms with E-state index in [-0.39, 0.29) is 42.8 Å². The number of thiazole rings is 2. The van der Waals surface area contributed by atoms with Gasteiger partial charge >= 0.3 is 11.9 Å². The van der Waals surface area contributed by atoms with Gasteiger partial charge in [0.25, 0.3) is 5.91 Å². The third-order valence-corrected chi connectivity index (χ3v) is 10.4. The Labute approximate surface area is 303 Å². The third-order valence-electron chi connectivity index (χ3n) is 8.23. The highest BCUT2D eigenvalue weighted by Crippen LogP contribution is 2.34. The molecule has 1 aliphatic heterocycles. The minimum atomic E-state index is -0.603. The zero-order valence-electron chi connectivity index (χ0n) is 28.9. The lowest BCUT2D eigenvalue weighted by Crippen LogP contribution is -2.32. The summed E-state index contributed by atoms with van der Waals surface area (Å²) in [6, 6.07) is 18.1. The minimum absolute atomic E-state index is 0.0967. The quantitative estimate of drug-likeness (QED) is 0.101. The number of amides is 1. The van der Waals surface area contributed by atoms with E-state index in [1.807, 2.05) is 42.5 Å². The smallest absolute Gasteiger partial charge is 0.357 e.